The Bertz CT molecular complexity index is 229. The smallest absolute Gasteiger partial charge is 0.219 e. The van der Waals surface area contributed by atoms with Gasteiger partial charge < -0.3 is 16.2 Å². The van der Waals surface area contributed by atoms with Crippen LogP contribution in [0.2, 0.25) is 0 Å². The third-order valence-electron chi connectivity index (χ3n) is 2.92. The minimum absolute atomic E-state index is 0.105. The van der Waals surface area contributed by atoms with Crippen LogP contribution in [0.3, 0.4) is 0 Å². The molecule has 0 bridgehead atoms. The molecule has 88 valence electrons. The molecule has 2 atom stereocenters. The number of aliphatic hydroxyl groups excluding tert-OH is 1. The quantitative estimate of drug-likeness (QED) is 0.639. The number of carbonyl (C=O) groups excluding carboxylic acids is 1. The maximum Gasteiger partial charge on any atom is 0.219 e. The lowest BCUT2D eigenvalue weighted by molar-refractivity contribution is -0.119. The van der Waals surface area contributed by atoms with Crippen LogP contribution in [-0.4, -0.2) is 28.7 Å². The Morgan fingerprint density at radius 2 is 2.07 bits per heavy atom. The number of carbonyl (C=O) groups is 1. The van der Waals surface area contributed by atoms with Gasteiger partial charge >= 0.3 is 0 Å². The van der Waals surface area contributed by atoms with Crippen LogP contribution >= 0.6 is 0 Å². The van der Waals surface area contributed by atoms with Gasteiger partial charge in [0.05, 0.1) is 6.10 Å². The summed E-state index contributed by atoms with van der Waals surface area (Å²) in [5, 5.41) is 13.1. The lowest BCUT2D eigenvalue weighted by Crippen LogP contribution is -2.53. The summed E-state index contributed by atoms with van der Waals surface area (Å²) < 4.78 is 0. The van der Waals surface area contributed by atoms with Crippen LogP contribution in [0.1, 0.15) is 46.0 Å². The molecular weight excluding hydrogens is 192 g/mol. The molecule has 1 aliphatic rings. The summed E-state index contributed by atoms with van der Waals surface area (Å²) in [6.07, 6.45) is 4.08. The molecule has 0 aromatic carbocycles. The molecule has 4 heteroatoms. The van der Waals surface area contributed by atoms with E-state index in [2.05, 4.69) is 5.32 Å². The number of rotatable bonds is 4. The second-order valence-electron chi connectivity index (χ2n) is 5.13. The van der Waals surface area contributed by atoms with Crippen molar-refractivity contribution in [2.75, 3.05) is 0 Å². The molecule has 0 unspecified atom stereocenters. The predicted molar refractivity (Wildman–Crippen MR) is 59.3 cm³/mol. The van der Waals surface area contributed by atoms with E-state index in [1.807, 2.05) is 13.8 Å². The van der Waals surface area contributed by atoms with Crippen molar-refractivity contribution in [2.24, 2.45) is 5.73 Å². The van der Waals surface area contributed by atoms with E-state index in [4.69, 9.17) is 5.73 Å². The average molecular weight is 214 g/mol. The van der Waals surface area contributed by atoms with E-state index in [0.29, 0.717) is 6.42 Å². The molecule has 0 aromatic heterocycles. The first kappa shape index (κ1) is 12.5. The molecule has 0 aliphatic heterocycles. The van der Waals surface area contributed by atoms with Crippen LogP contribution in [0.5, 0.6) is 0 Å². The first-order chi connectivity index (χ1) is 6.91. The van der Waals surface area contributed by atoms with Gasteiger partial charge in [-0.1, -0.05) is 12.8 Å². The molecule has 0 aromatic rings. The molecule has 0 heterocycles. The third kappa shape index (κ3) is 4.18. The highest BCUT2D eigenvalue weighted by Crippen LogP contribution is 2.21. The largest absolute Gasteiger partial charge is 0.392 e. The zero-order valence-electron chi connectivity index (χ0n) is 9.62. The number of aliphatic hydroxyl groups is 1. The normalized spacial score (nSPS) is 27.7. The molecule has 4 nitrogen and oxygen atoms in total. The second-order valence-corrected chi connectivity index (χ2v) is 5.13. The maximum atomic E-state index is 10.9. The topological polar surface area (TPSA) is 75.4 Å². The Morgan fingerprint density at radius 3 is 2.60 bits per heavy atom. The highest BCUT2D eigenvalue weighted by atomic mass is 16.3. The van der Waals surface area contributed by atoms with Gasteiger partial charge in [-0.2, -0.15) is 0 Å². The van der Waals surface area contributed by atoms with Crippen molar-refractivity contribution in [2.45, 2.75) is 63.6 Å². The minimum Gasteiger partial charge on any atom is -0.392 e. The minimum atomic E-state index is -0.325. The van der Waals surface area contributed by atoms with E-state index in [1.54, 1.807) is 0 Å². The van der Waals surface area contributed by atoms with Gasteiger partial charge in [-0.3, -0.25) is 4.79 Å². The highest BCUT2D eigenvalue weighted by Gasteiger charge is 2.29. The van der Waals surface area contributed by atoms with Crippen LogP contribution in [0.4, 0.5) is 0 Å². The Hall–Kier alpha value is -0.610. The van der Waals surface area contributed by atoms with E-state index in [9.17, 15) is 9.90 Å². The molecular formula is C11H22N2O2. The van der Waals surface area contributed by atoms with E-state index in [0.717, 1.165) is 25.7 Å². The summed E-state index contributed by atoms with van der Waals surface area (Å²) in [6.45, 7) is 3.89. The fraction of sp³-hybridized carbons (Fsp3) is 0.909. The highest BCUT2D eigenvalue weighted by molar-refractivity contribution is 5.75. The molecule has 1 fully saturated rings. The SMILES string of the molecule is CC(C)(CC(N)=O)N[C@H]1CCCC[C@@H]1O. The monoisotopic (exact) mass is 214 g/mol. The van der Waals surface area contributed by atoms with Crippen LogP contribution in [0.15, 0.2) is 0 Å². The second kappa shape index (κ2) is 4.94. The summed E-state index contributed by atoms with van der Waals surface area (Å²) in [5.74, 6) is -0.308. The number of nitrogens with two attached hydrogens (primary N) is 1. The standard InChI is InChI=1S/C11H22N2O2/c1-11(2,7-10(12)15)13-8-5-3-4-6-9(8)14/h8-9,13-14H,3-7H2,1-2H3,(H2,12,15)/t8-,9-/m0/s1. The van der Waals surface area contributed by atoms with Crippen LogP contribution < -0.4 is 11.1 Å². The van der Waals surface area contributed by atoms with Crippen molar-refractivity contribution in [1.82, 2.24) is 5.32 Å². The molecule has 15 heavy (non-hydrogen) atoms. The van der Waals surface area contributed by atoms with E-state index in [1.165, 1.54) is 0 Å². The summed E-state index contributed by atoms with van der Waals surface area (Å²) in [5.41, 5.74) is 4.85. The third-order valence-corrected chi connectivity index (χ3v) is 2.92. The van der Waals surface area contributed by atoms with Crippen LogP contribution in [0.25, 0.3) is 0 Å². The van der Waals surface area contributed by atoms with Gasteiger partial charge in [-0.25, -0.2) is 0 Å². The number of hydrogen-bond donors (Lipinski definition) is 3. The van der Waals surface area contributed by atoms with Crippen LogP contribution in [-0.2, 0) is 4.79 Å². The number of primary amides is 1. The van der Waals surface area contributed by atoms with Crippen molar-refractivity contribution in [3.63, 3.8) is 0 Å². The summed E-state index contributed by atoms with van der Waals surface area (Å²) in [7, 11) is 0. The molecule has 1 saturated carbocycles. The molecule has 0 spiro atoms. The molecule has 0 saturated heterocycles. The van der Waals surface area contributed by atoms with Crippen molar-refractivity contribution >= 4 is 5.91 Å². The predicted octanol–water partition coefficient (Wildman–Crippen LogP) is 0.533. The van der Waals surface area contributed by atoms with E-state index in [-0.39, 0.29) is 23.6 Å². The molecule has 1 amide bonds. The zero-order chi connectivity index (χ0) is 11.5. The first-order valence-electron chi connectivity index (χ1n) is 5.65. The molecule has 0 radical (unpaired) electrons. The fourth-order valence-corrected chi connectivity index (χ4v) is 2.27. The first-order valence-corrected chi connectivity index (χ1v) is 5.65. The fourth-order valence-electron chi connectivity index (χ4n) is 2.27. The summed E-state index contributed by atoms with van der Waals surface area (Å²) in [4.78, 5) is 10.9. The zero-order valence-corrected chi connectivity index (χ0v) is 9.62. The summed E-state index contributed by atoms with van der Waals surface area (Å²) in [6, 6.07) is 0.105. The van der Waals surface area contributed by atoms with E-state index >= 15 is 0 Å². The number of nitrogens with one attached hydrogen (secondary N) is 1. The number of hydrogen-bond acceptors (Lipinski definition) is 3. The lowest BCUT2D eigenvalue weighted by Gasteiger charge is -2.36. The van der Waals surface area contributed by atoms with Gasteiger partial charge in [-0.05, 0) is 26.7 Å². The average Bonchev–Trinajstić information content (AvgIpc) is 2.06. The van der Waals surface area contributed by atoms with Crippen molar-refractivity contribution in [3.05, 3.63) is 0 Å². The van der Waals surface area contributed by atoms with Gasteiger partial charge in [0.25, 0.3) is 0 Å². The molecule has 4 N–H and O–H groups in total. The van der Waals surface area contributed by atoms with Gasteiger partial charge in [0, 0.05) is 18.0 Å². The Balaban J connectivity index is 2.47. The van der Waals surface area contributed by atoms with Gasteiger partial charge in [0.1, 0.15) is 0 Å². The van der Waals surface area contributed by atoms with Crippen molar-refractivity contribution in [3.8, 4) is 0 Å². The van der Waals surface area contributed by atoms with Gasteiger partial charge in [0.15, 0.2) is 0 Å². The van der Waals surface area contributed by atoms with Gasteiger partial charge in [-0.15, -0.1) is 0 Å². The van der Waals surface area contributed by atoms with Crippen molar-refractivity contribution < 1.29 is 9.90 Å². The Morgan fingerprint density at radius 1 is 1.47 bits per heavy atom. The van der Waals surface area contributed by atoms with Gasteiger partial charge in [0.2, 0.25) is 5.91 Å². The Labute approximate surface area is 91.2 Å². The molecule has 1 aliphatic carbocycles. The maximum absolute atomic E-state index is 10.9. The lowest BCUT2D eigenvalue weighted by atomic mass is 9.89. The van der Waals surface area contributed by atoms with Crippen LogP contribution in [0, 0.1) is 0 Å². The Kier molecular flexibility index (Phi) is 4.11. The van der Waals surface area contributed by atoms with Crippen molar-refractivity contribution in [1.29, 1.82) is 0 Å². The summed E-state index contributed by atoms with van der Waals surface area (Å²) >= 11 is 0. The number of amides is 1. The molecule has 1 rings (SSSR count). The van der Waals surface area contributed by atoms with E-state index < -0.39 is 0 Å².